The Hall–Kier alpha value is -1.67. The summed E-state index contributed by atoms with van der Waals surface area (Å²) < 4.78 is 30.0. The Morgan fingerprint density at radius 3 is 2.64 bits per heavy atom. The highest BCUT2D eigenvalue weighted by Crippen LogP contribution is 2.30. The standard InChI is InChI=1S/C17H18ClN3O2S2/c1-11-10-24-17(20-11)15-8-16(12(2)21(15)3)25(22,23)19-9-13-6-4-5-7-14(13)18/h4-8,10,19H,9H2,1-3H3. The molecule has 0 radical (unpaired) electrons. The maximum absolute atomic E-state index is 12.8. The van der Waals surface area contributed by atoms with Gasteiger partial charge in [0.1, 0.15) is 9.90 Å². The highest BCUT2D eigenvalue weighted by Gasteiger charge is 2.23. The van der Waals surface area contributed by atoms with Crippen molar-refractivity contribution >= 4 is 33.0 Å². The lowest BCUT2D eigenvalue weighted by atomic mass is 10.2. The Balaban J connectivity index is 1.91. The third-order valence-electron chi connectivity index (χ3n) is 4.03. The first-order valence-corrected chi connectivity index (χ1v) is 10.4. The summed E-state index contributed by atoms with van der Waals surface area (Å²) in [6, 6.07) is 8.84. The predicted octanol–water partition coefficient (Wildman–Crippen LogP) is 3.90. The van der Waals surface area contributed by atoms with E-state index in [0.717, 1.165) is 22.0 Å². The van der Waals surface area contributed by atoms with E-state index < -0.39 is 10.0 Å². The first-order valence-electron chi connectivity index (χ1n) is 7.61. The number of halogens is 1. The predicted molar refractivity (Wildman–Crippen MR) is 101 cm³/mol. The van der Waals surface area contributed by atoms with Gasteiger partial charge in [-0.2, -0.15) is 0 Å². The van der Waals surface area contributed by atoms with Crippen LogP contribution in [0.1, 0.15) is 17.0 Å². The number of sulfonamides is 1. The molecule has 0 bridgehead atoms. The number of thiazole rings is 1. The van der Waals surface area contributed by atoms with Crippen molar-refractivity contribution in [1.29, 1.82) is 0 Å². The van der Waals surface area contributed by atoms with E-state index in [1.807, 2.05) is 36.1 Å². The summed E-state index contributed by atoms with van der Waals surface area (Å²) in [4.78, 5) is 4.70. The fourth-order valence-corrected chi connectivity index (χ4v) is 4.86. The molecular weight excluding hydrogens is 378 g/mol. The zero-order chi connectivity index (χ0) is 18.2. The first kappa shape index (κ1) is 18.1. The molecule has 2 heterocycles. The fraction of sp³-hybridized carbons (Fsp3) is 0.235. The number of nitrogens with zero attached hydrogens (tertiary/aromatic N) is 2. The van der Waals surface area contributed by atoms with Gasteiger partial charge in [-0.25, -0.2) is 18.1 Å². The third-order valence-corrected chi connectivity index (χ3v) is 6.90. The molecule has 0 aliphatic rings. The average Bonchev–Trinajstić information content (AvgIpc) is 3.11. The zero-order valence-electron chi connectivity index (χ0n) is 14.1. The van der Waals surface area contributed by atoms with E-state index in [1.165, 1.54) is 11.3 Å². The second-order valence-electron chi connectivity index (χ2n) is 5.75. The molecule has 0 fully saturated rings. The van der Waals surface area contributed by atoms with E-state index in [0.29, 0.717) is 10.7 Å². The van der Waals surface area contributed by atoms with Crippen molar-refractivity contribution in [3.8, 4) is 10.7 Å². The largest absolute Gasteiger partial charge is 0.345 e. The van der Waals surface area contributed by atoms with Crippen molar-refractivity contribution in [2.24, 2.45) is 7.05 Å². The molecule has 2 aromatic heterocycles. The van der Waals surface area contributed by atoms with Gasteiger partial charge in [0.25, 0.3) is 0 Å². The van der Waals surface area contributed by atoms with Gasteiger partial charge < -0.3 is 4.57 Å². The van der Waals surface area contributed by atoms with Crippen molar-refractivity contribution in [1.82, 2.24) is 14.3 Å². The summed E-state index contributed by atoms with van der Waals surface area (Å²) in [5.74, 6) is 0. The average molecular weight is 396 g/mol. The van der Waals surface area contributed by atoms with Gasteiger partial charge in [0, 0.05) is 35.4 Å². The molecule has 0 saturated heterocycles. The van der Waals surface area contributed by atoms with Crippen LogP contribution in [0.4, 0.5) is 0 Å². The molecule has 0 aliphatic heterocycles. The van der Waals surface area contributed by atoms with E-state index in [2.05, 4.69) is 9.71 Å². The fourth-order valence-electron chi connectivity index (χ4n) is 2.51. The minimum absolute atomic E-state index is 0.141. The van der Waals surface area contributed by atoms with Crippen molar-refractivity contribution in [3.05, 3.63) is 57.7 Å². The lowest BCUT2D eigenvalue weighted by molar-refractivity contribution is 0.580. The van der Waals surface area contributed by atoms with E-state index >= 15 is 0 Å². The van der Waals surface area contributed by atoms with Crippen LogP contribution in [0.2, 0.25) is 5.02 Å². The minimum atomic E-state index is -3.66. The van der Waals surface area contributed by atoms with Crippen LogP contribution in [-0.2, 0) is 23.6 Å². The van der Waals surface area contributed by atoms with Gasteiger partial charge in [0.2, 0.25) is 10.0 Å². The molecular formula is C17H18ClN3O2S2. The molecule has 3 aromatic rings. The van der Waals surface area contributed by atoms with Crippen LogP contribution in [0.3, 0.4) is 0 Å². The van der Waals surface area contributed by atoms with Gasteiger partial charge in [0.05, 0.1) is 5.69 Å². The Labute approximate surface area is 156 Å². The highest BCUT2D eigenvalue weighted by molar-refractivity contribution is 7.89. The quantitative estimate of drug-likeness (QED) is 0.712. The second kappa shape index (κ2) is 6.92. The summed E-state index contributed by atoms with van der Waals surface area (Å²) in [5, 5.41) is 3.28. The second-order valence-corrected chi connectivity index (χ2v) is 8.75. The summed E-state index contributed by atoms with van der Waals surface area (Å²) >= 11 is 7.59. The smallest absolute Gasteiger partial charge is 0.242 e. The number of benzene rings is 1. The van der Waals surface area contributed by atoms with E-state index in [9.17, 15) is 8.42 Å². The number of aryl methyl sites for hydroxylation is 1. The number of hydrogen-bond acceptors (Lipinski definition) is 4. The molecule has 3 rings (SSSR count). The molecule has 0 unspecified atom stereocenters. The maximum Gasteiger partial charge on any atom is 0.242 e. The first-order chi connectivity index (χ1) is 11.8. The Morgan fingerprint density at radius 1 is 1.28 bits per heavy atom. The molecule has 0 amide bonds. The van der Waals surface area contributed by atoms with Crippen LogP contribution >= 0.6 is 22.9 Å². The monoisotopic (exact) mass is 395 g/mol. The number of aromatic nitrogens is 2. The Kier molecular flexibility index (Phi) is 5.02. The molecule has 8 heteroatoms. The molecule has 25 heavy (non-hydrogen) atoms. The van der Waals surface area contributed by atoms with Gasteiger partial charge in [-0.15, -0.1) is 11.3 Å². The van der Waals surface area contributed by atoms with Gasteiger partial charge in [-0.1, -0.05) is 29.8 Å². The van der Waals surface area contributed by atoms with Crippen LogP contribution in [0, 0.1) is 13.8 Å². The lowest BCUT2D eigenvalue weighted by Crippen LogP contribution is -2.23. The third kappa shape index (κ3) is 3.64. The molecule has 0 atom stereocenters. The minimum Gasteiger partial charge on any atom is -0.345 e. The maximum atomic E-state index is 12.8. The molecule has 0 aliphatic carbocycles. The van der Waals surface area contributed by atoms with Crippen LogP contribution in [0.25, 0.3) is 10.7 Å². The number of rotatable bonds is 5. The molecule has 0 spiro atoms. The summed E-state index contributed by atoms with van der Waals surface area (Å²) in [6.07, 6.45) is 0. The summed E-state index contributed by atoms with van der Waals surface area (Å²) in [7, 11) is -1.82. The normalized spacial score (nSPS) is 11.8. The van der Waals surface area contributed by atoms with E-state index in [1.54, 1.807) is 25.1 Å². The van der Waals surface area contributed by atoms with Crippen LogP contribution in [-0.4, -0.2) is 18.0 Å². The van der Waals surface area contributed by atoms with E-state index in [4.69, 9.17) is 11.6 Å². The lowest BCUT2D eigenvalue weighted by Gasteiger charge is -2.08. The van der Waals surface area contributed by atoms with Gasteiger partial charge >= 0.3 is 0 Å². The number of hydrogen-bond donors (Lipinski definition) is 1. The Morgan fingerprint density at radius 2 is 2.00 bits per heavy atom. The van der Waals surface area contributed by atoms with Gasteiger partial charge in [0.15, 0.2) is 0 Å². The molecule has 132 valence electrons. The molecule has 5 nitrogen and oxygen atoms in total. The summed E-state index contributed by atoms with van der Waals surface area (Å²) in [6.45, 7) is 3.84. The van der Waals surface area contributed by atoms with Gasteiger partial charge in [-0.05, 0) is 31.5 Å². The SMILES string of the molecule is Cc1csc(-c2cc(S(=O)(=O)NCc3ccccc3Cl)c(C)n2C)n1. The molecule has 0 saturated carbocycles. The van der Waals surface area contributed by atoms with Crippen LogP contribution in [0.15, 0.2) is 40.6 Å². The van der Waals surface area contributed by atoms with Gasteiger partial charge in [-0.3, -0.25) is 0 Å². The Bertz CT molecular complexity index is 1020. The van der Waals surface area contributed by atoms with Crippen LogP contribution < -0.4 is 4.72 Å². The van der Waals surface area contributed by atoms with Crippen LogP contribution in [0.5, 0.6) is 0 Å². The zero-order valence-corrected chi connectivity index (χ0v) is 16.5. The molecule has 1 aromatic carbocycles. The number of nitrogens with one attached hydrogen (secondary N) is 1. The van der Waals surface area contributed by atoms with Crippen molar-refractivity contribution in [3.63, 3.8) is 0 Å². The van der Waals surface area contributed by atoms with Crippen molar-refractivity contribution < 1.29 is 8.42 Å². The summed E-state index contributed by atoms with van der Waals surface area (Å²) in [5.41, 5.74) is 3.10. The topological polar surface area (TPSA) is 64.0 Å². The molecule has 1 N–H and O–H groups in total. The highest BCUT2D eigenvalue weighted by atomic mass is 35.5. The van der Waals surface area contributed by atoms with E-state index in [-0.39, 0.29) is 11.4 Å². The van der Waals surface area contributed by atoms with Crippen molar-refractivity contribution in [2.45, 2.75) is 25.3 Å². The van der Waals surface area contributed by atoms with Crippen molar-refractivity contribution in [2.75, 3.05) is 0 Å².